The zero-order chi connectivity index (χ0) is 12.3. The van der Waals surface area contributed by atoms with Crippen LogP contribution in [0.5, 0.6) is 0 Å². The van der Waals surface area contributed by atoms with E-state index in [1.807, 2.05) is 27.7 Å². The van der Waals surface area contributed by atoms with Gasteiger partial charge in [-0.2, -0.15) is 0 Å². The monoisotopic (exact) mass is 225 g/mol. The summed E-state index contributed by atoms with van der Waals surface area (Å²) in [6.07, 6.45) is 1.80. The first-order valence-corrected chi connectivity index (χ1v) is 5.50. The highest BCUT2D eigenvalue weighted by Gasteiger charge is 2.27. The van der Waals surface area contributed by atoms with Gasteiger partial charge in [0.15, 0.2) is 5.78 Å². The second-order valence-corrected chi connectivity index (χ2v) is 4.89. The average Bonchev–Trinajstić information content (AvgIpc) is 2.15. The second-order valence-electron chi connectivity index (χ2n) is 4.89. The van der Waals surface area contributed by atoms with Crippen LogP contribution in [0.25, 0.3) is 0 Å². The first kappa shape index (κ1) is 12.7. The number of ketones is 1. The smallest absolute Gasteiger partial charge is 0.410 e. The van der Waals surface area contributed by atoms with Crippen molar-refractivity contribution in [2.75, 3.05) is 13.1 Å². The third kappa shape index (κ3) is 3.36. The Balaban J connectivity index is 2.63. The highest BCUT2D eigenvalue weighted by Crippen LogP contribution is 2.16. The minimum Gasteiger partial charge on any atom is -0.444 e. The first-order valence-electron chi connectivity index (χ1n) is 5.50. The van der Waals surface area contributed by atoms with Crippen molar-refractivity contribution >= 4 is 11.9 Å². The summed E-state index contributed by atoms with van der Waals surface area (Å²) in [7, 11) is 0. The molecule has 90 valence electrons. The summed E-state index contributed by atoms with van der Waals surface area (Å²) in [6, 6.07) is 0. The van der Waals surface area contributed by atoms with Crippen molar-refractivity contribution in [1.82, 2.24) is 4.90 Å². The molecular formula is C12H19NO3. The van der Waals surface area contributed by atoms with Gasteiger partial charge in [0.2, 0.25) is 0 Å². The molecule has 4 heteroatoms. The van der Waals surface area contributed by atoms with Crippen molar-refractivity contribution in [1.29, 1.82) is 0 Å². The molecule has 1 rings (SSSR count). The Morgan fingerprint density at radius 2 is 2.06 bits per heavy atom. The lowest BCUT2D eigenvalue weighted by atomic mass is 10.0. The Kier molecular flexibility index (Phi) is 3.73. The Bertz CT molecular complexity index is 326. The van der Waals surface area contributed by atoms with Crippen LogP contribution >= 0.6 is 0 Å². The van der Waals surface area contributed by atoms with E-state index in [2.05, 4.69) is 0 Å². The fourth-order valence-electron chi connectivity index (χ4n) is 1.50. The minimum absolute atomic E-state index is 0.127. The summed E-state index contributed by atoms with van der Waals surface area (Å²) in [6.45, 7) is 8.12. The molecule has 0 bridgehead atoms. The molecule has 0 atom stereocenters. The maximum Gasteiger partial charge on any atom is 0.410 e. The molecule has 0 aromatic rings. The fourth-order valence-corrected chi connectivity index (χ4v) is 1.50. The van der Waals surface area contributed by atoms with E-state index in [4.69, 9.17) is 4.74 Å². The van der Waals surface area contributed by atoms with Crippen molar-refractivity contribution in [3.8, 4) is 0 Å². The number of rotatable bonds is 0. The van der Waals surface area contributed by atoms with Gasteiger partial charge in [-0.05, 0) is 27.7 Å². The maximum atomic E-state index is 11.7. The summed E-state index contributed by atoms with van der Waals surface area (Å²) >= 11 is 0. The summed E-state index contributed by atoms with van der Waals surface area (Å²) in [5.41, 5.74) is 0.200. The number of amides is 1. The maximum absolute atomic E-state index is 11.7. The standard InChI is InChI=1S/C12H19NO3/c1-5-9-8-13(7-6-10(9)14)11(15)16-12(2,3)4/h5H,6-8H2,1-4H3/b9-5-. The number of piperidine rings is 1. The lowest BCUT2D eigenvalue weighted by Gasteiger charge is -2.30. The Labute approximate surface area is 96.3 Å². The van der Waals surface area contributed by atoms with E-state index in [0.717, 1.165) is 0 Å². The van der Waals surface area contributed by atoms with Gasteiger partial charge in [-0.1, -0.05) is 6.08 Å². The molecule has 0 spiro atoms. The molecule has 1 fully saturated rings. The normalized spacial score (nSPS) is 20.1. The van der Waals surface area contributed by atoms with E-state index in [-0.39, 0.29) is 11.9 Å². The minimum atomic E-state index is -0.491. The second kappa shape index (κ2) is 4.68. The zero-order valence-electron chi connectivity index (χ0n) is 10.4. The molecule has 1 saturated heterocycles. The number of Topliss-reactive ketones (excluding diaryl/α,β-unsaturated/α-hetero) is 1. The van der Waals surface area contributed by atoms with Crippen LogP contribution in [0.1, 0.15) is 34.1 Å². The van der Waals surface area contributed by atoms with Crippen LogP contribution < -0.4 is 0 Å². The van der Waals surface area contributed by atoms with E-state index >= 15 is 0 Å². The molecule has 0 aromatic heterocycles. The van der Waals surface area contributed by atoms with Crippen LogP contribution in [0.3, 0.4) is 0 Å². The first-order chi connectivity index (χ1) is 7.33. The molecule has 1 aliphatic rings. The number of ether oxygens (including phenoxy) is 1. The molecule has 1 heterocycles. The van der Waals surface area contributed by atoms with Gasteiger partial charge < -0.3 is 9.64 Å². The van der Waals surface area contributed by atoms with E-state index < -0.39 is 5.60 Å². The molecule has 0 saturated carbocycles. The van der Waals surface area contributed by atoms with Gasteiger partial charge in [-0.25, -0.2) is 4.79 Å². The van der Waals surface area contributed by atoms with Crippen molar-refractivity contribution in [2.45, 2.75) is 39.7 Å². The number of likely N-dealkylation sites (tertiary alicyclic amines) is 1. The molecule has 1 aliphatic heterocycles. The molecule has 1 amide bonds. The Morgan fingerprint density at radius 3 is 2.56 bits per heavy atom. The number of nitrogens with zero attached hydrogens (tertiary/aromatic N) is 1. The van der Waals surface area contributed by atoms with Crippen molar-refractivity contribution in [2.24, 2.45) is 0 Å². The molecule has 4 nitrogen and oxygen atoms in total. The quantitative estimate of drug-likeness (QED) is 0.593. The largest absolute Gasteiger partial charge is 0.444 e. The molecule has 0 N–H and O–H groups in total. The zero-order valence-corrected chi connectivity index (χ0v) is 10.4. The van der Waals surface area contributed by atoms with Crippen molar-refractivity contribution in [3.63, 3.8) is 0 Å². The highest BCUT2D eigenvalue weighted by atomic mass is 16.6. The van der Waals surface area contributed by atoms with Gasteiger partial charge in [0.05, 0.1) is 6.54 Å². The third-order valence-corrected chi connectivity index (χ3v) is 2.33. The van der Waals surface area contributed by atoms with Gasteiger partial charge in [0.1, 0.15) is 5.60 Å². The van der Waals surface area contributed by atoms with Crippen LogP contribution in [-0.2, 0) is 9.53 Å². The van der Waals surface area contributed by atoms with Crippen LogP contribution in [0.2, 0.25) is 0 Å². The molecular weight excluding hydrogens is 206 g/mol. The molecule has 0 aromatic carbocycles. The van der Waals surface area contributed by atoms with Gasteiger partial charge in [-0.3, -0.25) is 4.79 Å². The van der Waals surface area contributed by atoms with E-state index in [1.165, 1.54) is 0 Å². The number of allylic oxidation sites excluding steroid dienone is 1. The van der Waals surface area contributed by atoms with Gasteiger partial charge in [-0.15, -0.1) is 0 Å². The summed E-state index contributed by atoms with van der Waals surface area (Å²) in [4.78, 5) is 24.8. The van der Waals surface area contributed by atoms with Crippen LogP contribution in [0, 0.1) is 0 Å². The summed E-state index contributed by atoms with van der Waals surface area (Å²) in [5.74, 6) is 0.127. The van der Waals surface area contributed by atoms with Crippen molar-refractivity contribution in [3.05, 3.63) is 11.6 Å². The summed E-state index contributed by atoms with van der Waals surface area (Å²) < 4.78 is 5.25. The number of carbonyl (C=O) groups excluding carboxylic acids is 2. The van der Waals surface area contributed by atoms with Crippen LogP contribution in [0.15, 0.2) is 11.6 Å². The predicted molar refractivity (Wildman–Crippen MR) is 61.2 cm³/mol. The molecule has 0 unspecified atom stereocenters. The topological polar surface area (TPSA) is 46.6 Å². The highest BCUT2D eigenvalue weighted by molar-refractivity contribution is 5.97. The molecule has 16 heavy (non-hydrogen) atoms. The predicted octanol–water partition coefficient (Wildman–Crippen LogP) is 2.14. The van der Waals surface area contributed by atoms with Gasteiger partial charge >= 0.3 is 6.09 Å². The summed E-state index contributed by atoms with van der Waals surface area (Å²) in [5, 5.41) is 0. The number of hydrogen-bond donors (Lipinski definition) is 0. The third-order valence-electron chi connectivity index (χ3n) is 2.33. The van der Waals surface area contributed by atoms with Crippen LogP contribution in [-0.4, -0.2) is 35.5 Å². The molecule has 0 radical (unpaired) electrons. The SMILES string of the molecule is C/C=C1/CN(C(=O)OC(C)(C)C)CCC1=O. The fraction of sp³-hybridized carbons (Fsp3) is 0.667. The van der Waals surface area contributed by atoms with Gasteiger partial charge in [0.25, 0.3) is 0 Å². The van der Waals surface area contributed by atoms with Crippen LogP contribution in [0.4, 0.5) is 4.79 Å². The molecule has 0 aliphatic carbocycles. The Hall–Kier alpha value is -1.32. The average molecular weight is 225 g/mol. The van der Waals surface area contributed by atoms with E-state index in [0.29, 0.717) is 25.1 Å². The lowest BCUT2D eigenvalue weighted by molar-refractivity contribution is -0.117. The van der Waals surface area contributed by atoms with E-state index in [9.17, 15) is 9.59 Å². The number of carbonyl (C=O) groups is 2. The Morgan fingerprint density at radius 1 is 1.44 bits per heavy atom. The number of hydrogen-bond acceptors (Lipinski definition) is 3. The lowest BCUT2D eigenvalue weighted by Crippen LogP contribution is -2.42. The van der Waals surface area contributed by atoms with Gasteiger partial charge in [0, 0.05) is 18.5 Å². The van der Waals surface area contributed by atoms with Crippen molar-refractivity contribution < 1.29 is 14.3 Å². The van der Waals surface area contributed by atoms with E-state index in [1.54, 1.807) is 11.0 Å².